The zero-order chi connectivity index (χ0) is 18.3. The Morgan fingerprint density at radius 2 is 1.92 bits per heavy atom. The predicted octanol–water partition coefficient (Wildman–Crippen LogP) is 4.11. The van der Waals surface area contributed by atoms with Crippen molar-refractivity contribution in [3.8, 4) is 0 Å². The van der Waals surface area contributed by atoms with E-state index in [0.29, 0.717) is 11.7 Å². The molecule has 1 amide bonds. The first-order valence-corrected chi connectivity index (χ1v) is 9.30. The number of rotatable bonds is 3. The van der Waals surface area contributed by atoms with Crippen LogP contribution in [0.2, 0.25) is 0 Å². The quantitative estimate of drug-likeness (QED) is 0.714. The molecule has 0 saturated carbocycles. The van der Waals surface area contributed by atoms with E-state index >= 15 is 0 Å². The highest BCUT2D eigenvalue weighted by Crippen LogP contribution is 2.32. The normalized spacial score (nSPS) is 15.7. The monoisotopic (exact) mass is 351 g/mol. The predicted molar refractivity (Wildman–Crippen MR) is 101 cm³/mol. The van der Waals surface area contributed by atoms with Gasteiger partial charge in [0.25, 0.3) is 5.91 Å². The van der Waals surface area contributed by atoms with Crippen molar-refractivity contribution in [1.29, 1.82) is 0 Å². The molecule has 26 heavy (non-hydrogen) atoms. The van der Waals surface area contributed by atoms with Gasteiger partial charge in [-0.25, -0.2) is 0 Å². The molecule has 0 unspecified atom stereocenters. The Balaban J connectivity index is 1.50. The van der Waals surface area contributed by atoms with E-state index in [2.05, 4.69) is 24.2 Å². The third kappa shape index (κ3) is 2.91. The number of amides is 1. The third-order valence-corrected chi connectivity index (χ3v) is 5.58. The van der Waals surface area contributed by atoms with Crippen molar-refractivity contribution in [3.63, 3.8) is 0 Å². The first-order chi connectivity index (χ1) is 12.5. The summed E-state index contributed by atoms with van der Waals surface area (Å²) in [6.07, 6.45) is 5.82. The minimum Gasteiger partial charge on any atom is -0.450 e. The second kappa shape index (κ2) is 6.63. The van der Waals surface area contributed by atoms with Crippen LogP contribution in [0.3, 0.4) is 0 Å². The molecule has 0 aliphatic carbocycles. The molecule has 2 aromatic heterocycles. The minimum atomic E-state index is 0.0232. The number of fused-ring (bicyclic) bond motifs is 1. The van der Waals surface area contributed by atoms with Crippen molar-refractivity contribution in [3.05, 3.63) is 53.0 Å². The molecule has 1 aromatic carbocycles. The summed E-state index contributed by atoms with van der Waals surface area (Å²) in [7, 11) is 0. The molecule has 0 spiro atoms. The Morgan fingerprint density at radius 1 is 1.19 bits per heavy atom. The van der Waals surface area contributed by atoms with Gasteiger partial charge in [0.2, 0.25) is 0 Å². The molecule has 1 aliphatic rings. The Morgan fingerprint density at radius 3 is 2.58 bits per heavy atom. The van der Waals surface area contributed by atoms with Crippen molar-refractivity contribution in [2.45, 2.75) is 40.2 Å². The zero-order valence-electron chi connectivity index (χ0n) is 15.7. The summed E-state index contributed by atoms with van der Waals surface area (Å²) < 4.78 is 8.02. The van der Waals surface area contributed by atoms with Crippen LogP contribution in [0.25, 0.3) is 11.0 Å². The van der Waals surface area contributed by atoms with Crippen LogP contribution in [0, 0.1) is 26.7 Å². The number of hydrogen-bond donors (Lipinski definition) is 0. The van der Waals surface area contributed by atoms with Crippen LogP contribution in [0.4, 0.5) is 0 Å². The molecule has 136 valence electrons. The summed E-state index contributed by atoms with van der Waals surface area (Å²) in [6.45, 7) is 8.57. The Labute approximate surface area is 153 Å². The van der Waals surface area contributed by atoms with E-state index in [1.54, 1.807) is 0 Å². The van der Waals surface area contributed by atoms with Crippen LogP contribution >= 0.6 is 0 Å². The van der Waals surface area contributed by atoms with E-state index < -0.39 is 0 Å². The fourth-order valence-corrected chi connectivity index (χ4v) is 4.01. The van der Waals surface area contributed by atoms with Gasteiger partial charge < -0.3 is 9.32 Å². The number of carbonyl (C=O) groups is 1. The summed E-state index contributed by atoms with van der Waals surface area (Å²) >= 11 is 0. The lowest BCUT2D eigenvalue weighted by Gasteiger charge is -2.31. The van der Waals surface area contributed by atoms with Crippen molar-refractivity contribution < 1.29 is 9.21 Å². The Kier molecular flexibility index (Phi) is 4.31. The van der Waals surface area contributed by atoms with Gasteiger partial charge in [0.05, 0.1) is 0 Å². The average Bonchev–Trinajstić information content (AvgIpc) is 3.27. The van der Waals surface area contributed by atoms with Crippen LogP contribution in [-0.2, 0) is 6.54 Å². The average molecular weight is 351 g/mol. The number of hydrogen-bond acceptors (Lipinski definition) is 3. The van der Waals surface area contributed by atoms with Gasteiger partial charge in [0.1, 0.15) is 5.58 Å². The number of carbonyl (C=O) groups excluding carboxylic acids is 1. The van der Waals surface area contributed by atoms with Crippen molar-refractivity contribution in [2.24, 2.45) is 5.92 Å². The highest BCUT2D eigenvalue weighted by Gasteiger charge is 2.28. The van der Waals surface area contributed by atoms with E-state index in [9.17, 15) is 4.79 Å². The Hall–Kier alpha value is -2.56. The maximum absolute atomic E-state index is 13.1. The van der Waals surface area contributed by atoms with Gasteiger partial charge in [-0.2, -0.15) is 5.10 Å². The van der Waals surface area contributed by atoms with Crippen LogP contribution in [-0.4, -0.2) is 33.7 Å². The Bertz CT molecular complexity index is 932. The summed E-state index contributed by atoms with van der Waals surface area (Å²) in [5, 5.41) is 5.37. The van der Waals surface area contributed by atoms with E-state index in [1.165, 1.54) is 0 Å². The van der Waals surface area contributed by atoms with Crippen LogP contribution in [0.5, 0.6) is 0 Å². The zero-order valence-corrected chi connectivity index (χ0v) is 15.7. The molecule has 4 rings (SSSR count). The molecular weight excluding hydrogens is 326 g/mol. The molecule has 1 saturated heterocycles. The van der Waals surface area contributed by atoms with Gasteiger partial charge in [-0.15, -0.1) is 0 Å². The maximum atomic E-state index is 13.1. The lowest BCUT2D eigenvalue weighted by molar-refractivity contribution is 0.0650. The second-order valence-corrected chi connectivity index (χ2v) is 7.42. The lowest BCUT2D eigenvalue weighted by atomic mass is 9.96. The molecule has 3 heterocycles. The molecule has 5 heteroatoms. The number of aromatic nitrogens is 2. The molecule has 3 aromatic rings. The molecular formula is C21H25N3O2. The van der Waals surface area contributed by atoms with Gasteiger partial charge in [0.15, 0.2) is 5.76 Å². The van der Waals surface area contributed by atoms with Gasteiger partial charge >= 0.3 is 0 Å². The van der Waals surface area contributed by atoms with Crippen molar-refractivity contribution in [2.75, 3.05) is 13.1 Å². The highest BCUT2D eigenvalue weighted by atomic mass is 16.3. The second-order valence-electron chi connectivity index (χ2n) is 7.42. The largest absolute Gasteiger partial charge is 0.450 e. The highest BCUT2D eigenvalue weighted by molar-refractivity contribution is 6.00. The van der Waals surface area contributed by atoms with Crippen LogP contribution in [0.15, 0.2) is 35.0 Å². The minimum absolute atomic E-state index is 0.0232. The van der Waals surface area contributed by atoms with E-state index in [0.717, 1.165) is 60.1 Å². The number of benzene rings is 1. The van der Waals surface area contributed by atoms with Gasteiger partial charge in [0, 0.05) is 43.0 Å². The smallest absolute Gasteiger partial charge is 0.289 e. The third-order valence-electron chi connectivity index (χ3n) is 5.58. The van der Waals surface area contributed by atoms with Crippen molar-refractivity contribution >= 4 is 16.9 Å². The lowest BCUT2D eigenvalue weighted by Crippen LogP contribution is -2.39. The number of aryl methyl sites for hydroxylation is 3. The summed E-state index contributed by atoms with van der Waals surface area (Å²) in [4.78, 5) is 15.0. The number of likely N-dealkylation sites (tertiary alicyclic amines) is 1. The topological polar surface area (TPSA) is 51.3 Å². The van der Waals surface area contributed by atoms with Crippen LogP contribution < -0.4 is 0 Å². The first kappa shape index (κ1) is 16.9. The number of nitrogens with zero attached hydrogens (tertiary/aromatic N) is 3. The summed E-state index contributed by atoms with van der Waals surface area (Å²) in [5.74, 6) is 1.10. The van der Waals surface area contributed by atoms with Crippen molar-refractivity contribution in [1.82, 2.24) is 14.7 Å². The van der Waals surface area contributed by atoms with Crippen LogP contribution in [0.1, 0.15) is 40.1 Å². The number of furan rings is 1. The number of piperidine rings is 1. The fraction of sp³-hybridized carbons (Fsp3) is 0.429. The molecule has 0 N–H and O–H groups in total. The summed E-state index contributed by atoms with van der Waals surface area (Å²) in [5.41, 5.74) is 4.04. The standard InChI is InChI=1S/C21H25N3O2/c1-14-5-6-15(2)19-18(14)16(3)20(26-19)21(25)23-11-7-17(8-12-23)13-24-10-4-9-22-24/h4-6,9-10,17H,7-8,11-13H2,1-3H3. The molecule has 0 bridgehead atoms. The molecule has 0 radical (unpaired) electrons. The van der Waals surface area contributed by atoms with Gasteiger partial charge in [-0.05, 0) is 56.7 Å². The molecule has 0 atom stereocenters. The van der Waals surface area contributed by atoms with E-state index in [1.807, 2.05) is 41.9 Å². The van der Waals surface area contributed by atoms with E-state index in [-0.39, 0.29) is 5.91 Å². The van der Waals surface area contributed by atoms with Gasteiger partial charge in [-0.3, -0.25) is 9.48 Å². The van der Waals surface area contributed by atoms with Gasteiger partial charge in [-0.1, -0.05) is 12.1 Å². The maximum Gasteiger partial charge on any atom is 0.289 e. The molecule has 1 aliphatic heterocycles. The molecule has 5 nitrogen and oxygen atoms in total. The SMILES string of the molecule is Cc1ccc(C)c2c(C)c(C(=O)N3CCC(Cn4cccn4)CC3)oc12. The summed E-state index contributed by atoms with van der Waals surface area (Å²) in [6, 6.07) is 6.10. The first-order valence-electron chi connectivity index (χ1n) is 9.30. The van der Waals surface area contributed by atoms with E-state index in [4.69, 9.17) is 4.42 Å². The molecule has 1 fully saturated rings. The fourth-order valence-electron chi connectivity index (χ4n) is 4.01.